The molecule has 1 amide bonds. The minimum absolute atomic E-state index is 0.116. The maximum Gasteiger partial charge on any atom is 0.243 e. The number of sulfonamides is 1. The number of piperidine rings is 1. The predicted octanol–water partition coefficient (Wildman–Crippen LogP) is 2.87. The molecular formula is C22H22N4O4S. The first-order chi connectivity index (χ1) is 14.8. The quantitative estimate of drug-likeness (QED) is 0.614. The lowest BCUT2D eigenvalue weighted by Gasteiger charge is -2.30. The second-order valence-electron chi connectivity index (χ2n) is 7.51. The van der Waals surface area contributed by atoms with E-state index in [1.54, 1.807) is 30.6 Å². The van der Waals surface area contributed by atoms with Gasteiger partial charge in [0.2, 0.25) is 15.9 Å². The molecule has 1 N–H and O–H groups in total. The van der Waals surface area contributed by atoms with Gasteiger partial charge in [-0.3, -0.25) is 19.6 Å². The van der Waals surface area contributed by atoms with E-state index in [0.717, 1.165) is 5.52 Å². The lowest BCUT2D eigenvalue weighted by molar-refractivity contribution is -0.120. The molecule has 2 heterocycles. The molecule has 1 fully saturated rings. The average Bonchev–Trinajstić information content (AvgIpc) is 2.79. The third-order valence-corrected chi connectivity index (χ3v) is 7.37. The molecule has 160 valence electrons. The number of rotatable bonds is 5. The van der Waals surface area contributed by atoms with E-state index in [0.29, 0.717) is 29.6 Å². The maximum absolute atomic E-state index is 12.9. The monoisotopic (exact) mass is 438 g/mol. The molecule has 0 atom stereocenters. The number of ketones is 1. The van der Waals surface area contributed by atoms with Crippen molar-refractivity contribution >= 4 is 38.4 Å². The molecule has 0 bridgehead atoms. The van der Waals surface area contributed by atoms with Crippen molar-refractivity contribution in [3.8, 4) is 0 Å². The number of nitrogens with one attached hydrogen (secondary N) is 1. The van der Waals surface area contributed by atoms with Gasteiger partial charge < -0.3 is 5.32 Å². The first kappa shape index (κ1) is 21.1. The van der Waals surface area contributed by atoms with Gasteiger partial charge in [0.25, 0.3) is 0 Å². The summed E-state index contributed by atoms with van der Waals surface area (Å²) in [6.07, 6.45) is 4.08. The van der Waals surface area contributed by atoms with E-state index < -0.39 is 10.0 Å². The molecule has 4 rings (SSSR count). The molecule has 0 spiro atoms. The van der Waals surface area contributed by atoms with E-state index in [2.05, 4.69) is 15.3 Å². The van der Waals surface area contributed by atoms with Crippen molar-refractivity contribution < 1.29 is 18.0 Å². The first-order valence-corrected chi connectivity index (χ1v) is 11.4. The molecule has 0 aliphatic carbocycles. The Kier molecular flexibility index (Phi) is 5.79. The third-order valence-electron chi connectivity index (χ3n) is 5.46. The number of hydrogen-bond acceptors (Lipinski definition) is 6. The van der Waals surface area contributed by atoms with E-state index in [-0.39, 0.29) is 35.6 Å². The fraction of sp³-hybridized carbons (Fsp3) is 0.273. The Morgan fingerprint density at radius 2 is 1.61 bits per heavy atom. The van der Waals surface area contributed by atoms with Gasteiger partial charge in [0.05, 0.1) is 15.9 Å². The second-order valence-corrected chi connectivity index (χ2v) is 9.45. The second kappa shape index (κ2) is 8.52. The summed E-state index contributed by atoms with van der Waals surface area (Å²) in [5, 5.41) is 2.90. The van der Waals surface area contributed by atoms with Crippen LogP contribution >= 0.6 is 0 Å². The number of aromatic nitrogens is 2. The summed E-state index contributed by atoms with van der Waals surface area (Å²) >= 11 is 0. The van der Waals surface area contributed by atoms with Crippen molar-refractivity contribution in [2.75, 3.05) is 18.4 Å². The van der Waals surface area contributed by atoms with Gasteiger partial charge in [-0.05, 0) is 50.1 Å². The molecule has 1 saturated heterocycles. The number of Topliss-reactive ketones (excluding diaryl/α,β-unsaturated/α-hetero) is 1. The summed E-state index contributed by atoms with van der Waals surface area (Å²) in [5.74, 6) is -0.524. The number of amides is 1. The molecule has 0 saturated carbocycles. The van der Waals surface area contributed by atoms with Gasteiger partial charge in [0.15, 0.2) is 5.78 Å². The van der Waals surface area contributed by atoms with Crippen LogP contribution in [0.15, 0.2) is 59.8 Å². The van der Waals surface area contributed by atoms with Crippen LogP contribution in [0.1, 0.15) is 30.1 Å². The summed E-state index contributed by atoms with van der Waals surface area (Å²) in [6.45, 7) is 1.96. The number of fused-ring (bicyclic) bond motifs is 1. The molecule has 3 aromatic rings. The number of carbonyl (C=O) groups excluding carboxylic acids is 2. The topological polar surface area (TPSA) is 109 Å². The van der Waals surface area contributed by atoms with E-state index in [9.17, 15) is 18.0 Å². The summed E-state index contributed by atoms with van der Waals surface area (Å²) in [4.78, 5) is 32.7. The van der Waals surface area contributed by atoms with Crippen LogP contribution in [0.4, 0.5) is 5.69 Å². The molecule has 8 nitrogen and oxygen atoms in total. The highest BCUT2D eigenvalue weighted by atomic mass is 32.2. The normalized spacial score (nSPS) is 15.6. The minimum Gasteiger partial charge on any atom is -0.326 e. The molecule has 1 aliphatic rings. The van der Waals surface area contributed by atoms with Gasteiger partial charge in [0.1, 0.15) is 0 Å². The highest BCUT2D eigenvalue weighted by Crippen LogP contribution is 2.25. The van der Waals surface area contributed by atoms with Crippen molar-refractivity contribution in [1.29, 1.82) is 0 Å². The van der Waals surface area contributed by atoms with Crippen molar-refractivity contribution in [2.45, 2.75) is 24.7 Å². The zero-order valence-corrected chi connectivity index (χ0v) is 17.8. The zero-order valence-electron chi connectivity index (χ0n) is 17.0. The molecule has 9 heteroatoms. The van der Waals surface area contributed by atoms with Crippen molar-refractivity contribution in [3.63, 3.8) is 0 Å². The van der Waals surface area contributed by atoms with Crippen LogP contribution in [0.5, 0.6) is 0 Å². The fourth-order valence-electron chi connectivity index (χ4n) is 3.65. The van der Waals surface area contributed by atoms with Gasteiger partial charge in [-0.25, -0.2) is 8.42 Å². The Balaban J connectivity index is 1.39. The van der Waals surface area contributed by atoms with Crippen LogP contribution in [0.3, 0.4) is 0 Å². The molecule has 31 heavy (non-hydrogen) atoms. The van der Waals surface area contributed by atoms with E-state index in [1.165, 1.54) is 35.5 Å². The number of anilines is 1. The molecular weight excluding hydrogens is 416 g/mol. The van der Waals surface area contributed by atoms with Gasteiger partial charge in [-0.1, -0.05) is 12.1 Å². The standard InChI is InChI=1S/C22H22N4O4S/c1-15(27)16-2-5-19(6-3-16)31(29,30)26-12-8-17(9-13-26)22(28)25-18-4-7-20-21(14-18)24-11-10-23-20/h2-7,10-11,14,17H,8-9,12-13H2,1H3,(H,25,28). The Morgan fingerprint density at radius 1 is 0.968 bits per heavy atom. The highest BCUT2D eigenvalue weighted by Gasteiger charge is 2.32. The van der Waals surface area contributed by atoms with Crippen molar-refractivity contribution in [3.05, 3.63) is 60.4 Å². The highest BCUT2D eigenvalue weighted by molar-refractivity contribution is 7.89. The Hall–Kier alpha value is -3.17. The van der Waals surface area contributed by atoms with Gasteiger partial charge in [-0.2, -0.15) is 4.31 Å². The van der Waals surface area contributed by atoms with Crippen LogP contribution in [-0.4, -0.2) is 47.5 Å². The maximum atomic E-state index is 12.9. The molecule has 0 unspecified atom stereocenters. The van der Waals surface area contributed by atoms with Crippen LogP contribution in [0.2, 0.25) is 0 Å². The molecule has 0 radical (unpaired) electrons. The van der Waals surface area contributed by atoms with Crippen molar-refractivity contribution in [2.24, 2.45) is 5.92 Å². The van der Waals surface area contributed by atoms with Gasteiger partial charge in [-0.15, -0.1) is 0 Å². The zero-order chi connectivity index (χ0) is 22.0. The summed E-state index contributed by atoms with van der Waals surface area (Å²) in [5.41, 5.74) is 2.54. The van der Waals surface area contributed by atoms with Crippen LogP contribution in [0.25, 0.3) is 11.0 Å². The van der Waals surface area contributed by atoms with E-state index >= 15 is 0 Å². The number of nitrogens with zero attached hydrogens (tertiary/aromatic N) is 3. The Labute approximate surface area is 180 Å². The molecule has 1 aliphatic heterocycles. The molecule has 1 aromatic heterocycles. The largest absolute Gasteiger partial charge is 0.326 e. The first-order valence-electron chi connectivity index (χ1n) is 9.97. The summed E-state index contributed by atoms with van der Waals surface area (Å²) in [6, 6.07) is 11.3. The Morgan fingerprint density at radius 3 is 2.26 bits per heavy atom. The average molecular weight is 439 g/mol. The Bertz CT molecular complexity index is 1230. The fourth-order valence-corrected chi connectivity index (χ4v) is 5.12. The van der Waals surface area contributed by atoms with Gasteiger partial charge in [0, 0.05) is 42.7 Å². The summed E-state index contributed by atoms with van der Waals surface area (Å²) < 4.78 is 27.2. The van der Waals surface area contributed by atoms with E-state index in [1.807, 2.05) is 0 Å². The lowest BCUT2D eigenvalue weighted by Crippen LogP contribution is -2.41. The smallest absolute Gasteiger partial charge is 0.243 e. The third kappa shape index (κ3) is 4.47. The molecule has 2 aromatic carbocycles. The number of carbonyl (C=O) groups is 2. The minimum atomic E-state index is -3.66. The van der Waals surface area contributed by atoms with Crippen LogP contribution < -0.4 is 5.32 Å². The van der Waals surface area contributed by atoms with Gasteiger partial charge >= 0.3 is 0 Å². The van der Waals surface area contributed by atoms with Crippen molar-refractivity contribution in [1.82, 2.24) is 14.3 Å². The summed E-state index contributed by atoms with van der Waals surface area (Å²) in [7, 11) is -3.66. The number of hydrogen-bond donors (Lipinski definition) is 1. The van der Waals surface area contributed by atoms with Crippen LogP contribution in [-0.2, 0) is 14.8 Å². The van der Waals surface area contributed by atoms with Crippen LogP contribution in [0, 0.1) is 5.92 Å². The predicted molar refractivity (Wildman–Crippen MR) is 116 cm³/mol. The van der Waals surface area contributed by atoms with E-state index in [4.69, 9.17) is 0 Å². The SMILES string of the molecule is CC(=O)c1ccc(S(=O)(=O)N2CCC(C(=O)Nc3ccc4nccnc4c3)CC2)cc1. The number of benzene rings is 2. The lowest BCUT2D eigenvalue weighted by atomic mass is 9.97.